The van der Waals surface area contributed by atoms with Crippen LogP contribution in [0.2, 0.25) is 0 Å². The fourth-order valence-corrected chi connectivity index (χ4v) is 2.32. The molecule has 1 aliphatic carbocycles. The van der Waals surface area contributed by atoms with Crippen molar-refractivity contribution in [2.24, 2.45) is 0 Å². The van der Waals surface area contributed by atoms with Crippen molar-refractivity contribution < 1.29 is 14.9 Å². The van der Waals surface area contributed by atoms with Gasteiger partial charge in [0.05, 0.1) is 25.4 Å². The Morgan fingerprint density at radius 3 is 2.41 bits per heavy atom. The standard InChI is InChI=1S/C13H27NO3/c1-11(2)17-9-12(16)8-14-13(10-15)6-4-3-5-7-13/h11-12,14-16H,3-10H2,1-2H3. The normalized spacial score (nSPS) is 21.7. The summed E-state index contributed by atoms with van der Waals surface area (Å²) in [6.07, 6.45) is 5.22. The topological polar surface area (TPSA) is 61.7 Å². The molecule has 0 amide bonds. The number of β-amino-alcohol motifs (C(OH)–C–C–N with tert-alkyl or cyclic N) is 1. The molecule has 1 unspecified atom stereocenters. The van der Waals surface area contributed by atoms with Crippen molar-refractivity contribution in [2.75, 3.05) is 19.8 Å². The Bertz CT molecular complexity index is 203. The second-order valence-corrected chi connectivity index (χ2v) is 5.42. The Morgan fingerprint density at radius 1 is 1.24 bits per heavy atom. The largest absolute Gasteiger partial charge is 0.394 e. The highest BCUT2D eigenvalue weighted by Crippen LogP contribution is 2.27. The molecule has 1 atom stereocenters. The van der Waals surface area contributed by atoms with Crippen LogP contribution in [0.3, 0.4) is 0 Å². The minimum absolute atomic E-state index is 0.145. The maximum atomic E-state index is 9.77. The molecular formula is C13H27NO3. The average molecular weight is 245 g/mol. The molecule has 0 heterocycles. The summed E-state index contributed by atoms with van der Waals surface area (Å²) in [4.78, 5) is 0. The van der Waals surface area contributed by atoms with Gasteiger partial charge in [0.15, 0.2) is 0 Å². The van der Waals surface area contributed by atoms with Gasteiger partial charge in [-0.2, -0.15) is 0 Å². The Balaban J connectivity index is 2.26. The van der Waals surface area contributed by atoms with E-state index < -0.39 is 6.10 Å². The van der Waals surface area contributed by atoms with Crippen molar-refractivity contribution in [3.05, 3.63) is 0 Å². The van der Waals surface area contributed by atoms with Crippen molar-refractivity contribution in [3.63, 3.8) is 0 Å². The summed E-state index contributed by atoms with van der Waals surface area (Å²) in [5, 5.41) is 22.6. The number of hydrogen-bond acceptors (Lipinski definition) is 4. The van der Waals surface area contributed by atoms with Crippen LogP contribution in [0.15, 0.2) is 0 Å². The summed E-state index contributed by atoms with van der Waals surface area (Å²) in [6, 6.07) is 0. The van der Waals surface area contributed by atoms with Crippen LogP contribution in [0.5, 0.6) is 0 Å². The zero-order valence-corrected chi connectivity index (χ0v) is 11.1. The van der Waals surface area contributed by atoms with Gasteiger partial charge in [0.1, 0.15) is 0 Å². The van der Waals surface area contributed by atoms with Crippen LogP contribution in [0.1, 0.15) is 46.0 Å². The average Bonchev–Trinajstić information content (AvgIpc) is 2.35. The summed E-state index contributed by atoms with van der Waals surface area (Å²) < 4.78 is 5.36. The zero-order chi connectivity index (χ0) is 12.7. The first-order valence-corrected chi connectivity index (χ1v) is 6.73. The van der Waals surface area contributed by atoms with E-state index in [1.807, 2.05) is 13.8 Å². The van der Waals surface area contributed by atoms with Crippen molar-refractivity contribution in [2.45, 2.75) is 63.7 Å². The number of nitrogens with one attached hydrogen (secondary N) is 1. The third kappa shape index (κ3) is 5.34. The van der Waals surface area contributed by atoms with Crippen LogP contribution in [-0.2, 0) is 4.74 Å². The van der Waals surface area contributed by atoms with Crippen molar-refractivity contribution in [1.29, 1.82) is 0 Å². The molecular weight excluding hydrogens is 218 g/mol. The van der Waals surface area contributed by atoms with E-state index in [1.165, 1.54) is 6.42 Å². The lowest BCUT2D eigenvalue weighted by molar-refractivity contribution is -0.000575. The van der Waals surface area contributed by atoms with E-state index in [4.69, 9.17) is 4.74 Å². The molecule has 0 radical (unpaired) electrons. The molecule has 0 aromatic rings. The van der Waals surface area contributed by atoms with Gasteiger partial charge in [-0.25, -0.2) is 0 Å². The SMILES string of the molecule is CC(C)OCC(O)CNC1(CO)CCCCC1. The highest BCUT2D eigenvalue weighted by Gasteiger charge is 2.31. The summed E-state index contributed by atoms with van der Waals surface area (Å²) in [6.45, 7) is 4.91. The fourth-order valence-electron chi connectivity index (χ4n) is 2.32. The predicted octanol–water partition coefficient (Wildman–Crippen LogP) is 1.06. The van der Waals surface area contributed by atoms with Gasteiger partial charge in [-0.15, -0.1) is 0 Å². The minimum Gasteiger partial charge on any atom is -0.394 e. The van der Waals surface area contributed by atoms with Crippen molar-refractivity contribution in [3.8, 4) is 0 Å². The molecule has 17 heavy (non-hydrogen) atoms. The fraction of sp³-hybridized carbons (Fsp3) is 1.00. The second-order valence-electron chi connectivity index (χ2n) is 5.42. The van der Waals surface area contributed by atoms with E-state index in [2.05, 4.69) is 5.32 Å². The lowest BCUT2D eigenvalue weighted by atomic mass is 9.82. The van der Waals surface area contributed by atoms with Crippen LogP contribution < -0.4 is 5.32 Å². The molecule has 1 fully saturated rings. The molecule has 4 nitrogen and oxygen atoms in total. The lowest BCUT2D eigenvalue weighted by Gasteiger charge is -2.37. The Hall–Kier alpha value is -0.160. The second kappa shape index (κ2) is 7.31. The van der Waals surface area contributed by atoms with Gasteiger partial charge in [-0.3, -0.25) is 0 Å². The molecule has 0 aromatic heterocycles. The van der Waals surface area contributed by atoms with Crippen LogP contribution in [0.25, 0.3) is 0 Å². The Kier molecular flexibility index (Phi) is 6.41. The van der Waals surface area contributed by atoms with Gasteiger partial charge >= 0.3 is 0 Å². The number of ether oxygens (including phenoxy) is 1. The van der Waals surface area contributed by atoms with E-state index in [0.717, 1.165) is 25.7 Å². The van der Waals surface area contributed by atoms with Crippen LogP contribution in [0.4, 0.5) is 0 Å². The first kappa shape index (κ1) is 14.9. The molecule has 1 rings (SSSR count). The van der Waals surface area contributed by atoms with Crippen LogP contribution in [-0.4, -0.2) is 47.7 Å². The molecule has 102 valence electrons. The van der Waals surface area contributed by atoms with Crippen LogP contribution >= 0.6 is 0 Å². The highest BCUT2D eigenvalue weighted by molar-refractivity contribution is 4.90. The molecule has 0 aliphatic heterocycles. The molecule has 0 bridgehead atoms. The van der Waals surface area contributed by atoms with Gasteiger partial charge in [-0.1, -0.05) is 19.3 Å². The number of aliphatic hydroxyl groups is 2. The maximum absolute atomic E-state index is 9.77. The first-order valence-electron chi connectivity index (χ1n) is 6.73. The summed E-state index contributed by atoms with van der Waals surface area (Å²) >= 11 is 0. The lowest BCUT2D eigenvalue weighted by Crippen LogP contribution is -2.52. The van der Waals surface area contributed by atoms with E-state index in [1.54, 1.807) is 0 Å². The third-order valence-electron chi connectivity index (χ3n) is 3.45. The Morgan fingerprint density at radius 2 is 1.88 bits per heavy atom. The molecule has 0 saturated heterocycles. The zero-order valence-electron chi connectivity index (χ0n) is 11.1. The highest BCUT2D eigenvalue weighted by atomic mass is 16.5. The van der Waals surface area contributed by atoms with E-state index >= 15 is 0 Å². The van der Waals surface area contributed by atoms with Crippen molar-refractivity contribution >= 4 is 0 Å². The van der Waals surface area contributed by atoms with Crippen LogP contribution in [0, 0.1) is 0 Å². The maximum Gasteiger partial charge on any atom is 0.0898 e. The molecule has 0 aromatic carbocycles. The number of rotatable bonds is 7. The summed E-state index contributed by atoms with van der Waals surface area (Å²) in [7, 11) is 0. The van der Waals surface area contributed by atoms with E-state index in [0.29, 0.717) is 13.2 Å². The molecule has 0 spiro atoms. The van der Waals surface area contributed by atoms with Gasteiger partial charge in [0, 0.05) is 12.1 Å². The van der Waals surface area contributed by atoms with Gasteiger partial charge in [-0.05, 0) is 26.7 Å². The monoisotopic (exact) mass is 245 g/mol. The molecule has 1 saturated carbocycles. The van der Waals surface area contributed by atoms with Gasteiger partial charge in [0.25, 0.3) is 0 Å². The molecule has 3 N–H and O–H groups in total. The minimum atomic E-state index is -0.497. The number of aliphatic hydroxyl groups excluding tert-OH is 2. The summed E-state index contributed by atoms with van der Waals surface area (Å²) in [5.41, 5.74) is -0.170. The summed E-state index contributed by atoms with van der Waals surface area (Å²) in [5.74, 6) is 0. The van der Waals surface area contributed by atoms with E-state index in [-0.39, 0.29) is 18.2 Å². The third-order valence-corrected chi connectivity index (χ3v) is 3.45. The molecule has 4 heteroatoms. The molecule has 1 aliphatic rings. The predicted molar refractivity (Wildman–Crippen MR) is 68.0 cm³/mol. The van der Waals surface area contributed by atoms with Gasteiger partial charge < -0.3 is 20.3 Å². The Labute approximate surface area is 104 Å². The van der Waals surface area contributed by atoms with E-state index in [9.17, 15) is 10.2 Å². The van der Waals surface area contributed by atoms with Crippen molar-refractivity contribution in [1.82, 2.24) is 5.32 Å². The number of hydrogen-bond donors (Lipinski definition) is 3. The smallest absolute Gasteiger partial charge is 0.0898 e. The quantitative estimate of drug-likeness (QED) is 0.627. The van der Waals surface area contributed by atoms with Gasteiger partial charge in [0.2, 0.25) is 0 Å². The first-order chi connectivity index (χ1) is 8.08.